The summed E-state index contributed by atoms with van der Waals surface area (Å²) in [6, 6.07) is 15.5. The summed E-state index contributed by atoms with van der Waals surface area (Å²) in [5.74, 6) is -0.971. The maximum absolute atomic E-state index is 15.1. The summed E-state index contributed by atoms with van der Waals surface area (Å²) < 4.78 is 49.6. The predicted molar refractivity (Wildman–Crippen MR) is 137 cm³/mol. The van der Waals surface area contributed by atoms with E-state index < -0.39 is 11.6 Å². The van der Waals surface area contributed by atoms with Crippen LogP contribution in [0, 0.1) is 23.4 Å². The average molecular weight is 481 g/mol. The van der Waals surface area contributed by atoms with E-state index in [9.17, 15) is 8.78 Å². The fourth-order valence-corrected chi connectivity index (χ4v) is 5.23. The first-order valence-corrected chi connectivity index (χ1v) is 13.0. The van der Waals surface area contributed by atoms with Gasteiger partial charge in [-0.25, -0.2) is 8.78 Å². The summed E-state index contributed by atoms with van der Waals surface area (Å²) in [5.41, 5.74) is 3.00. The summed E-state index contributed by atoms with van der Waals surface area (Å²) in [4.78, 5) is 0. The molecule has 3 aromatic carbocycles. The molecule has 0 amide bonds. The zero-order chi connectivity index (χ0) is 24.8. The number of hydrogen-bond donors (Lipinski definition) is 0. The minimum atomic E-state index is -0.979. The van der Waals surface area contributed by atoms with Crippen LogP contribution in [-0.4, -0.2) is 6.61 Å². The lowest BCUT2D eigenvalue weighted by atomic mass is 9.77. The average Bonchev–Trinajstić information content (AvgIpc) is 2.88. The zero-order valence-corrected chi connectivity index (χ0v) is 20.8. The van der Waals surface area contributed by atoms with Gasteiger partial charge in [-0.15, -0.1) is 0 Å². The standard InChI is InChI=1S/C31H35F3O/c1-3-5-19-35-29-18-17-27(30(33)31(29)34)24-13-11-23(12-14-24)26-16-15-25(20-28(26)32)22-9-7-21(6-4-2)8-10-22/h11-18,20-22H,3-10,19H2,1-2H3. The van der Waals surface area contributed by atoms with Crippen molar-refractivity contribution in [2.45, 2.75) is 71.1 Å². The molecule has 0 bridgehead atoms. The number of benzene rings is 3. The molecule has 3 aromatic rings. The van der Waals surface area contributed by atoms with Crippen molar-refractivity contribution in [1.29, 1.82) is 0 Å². The van der Waals surface area contributed by atoms with E-state index in [1.54, 1.807) is 30.3 Å². The summed E-state index contributed by atoms with van der Waals surface area (Å²) >= 11 is 0. The minimum Gasteiger partial charge on any atom is -0.490 e. The molecule has 0 spiro atoms. The van der Waals surface area contributed by atoms with Crippen molar-refractivity contribution < 1.29 is 17.9 Å². The Bertz CT molecular complexity index is 1110. The van der Waals surface area contributed by atoms with E-state index in [1.165, 1.54) is 37.8 Å². The van der Waals surface area contributed by atoms with Gasteiger partial charge in [0.1, 0.15) is 5.82 Å². The Morgan fingerprint density at radius 2 is 1.40 bits per heavy atom. The maximum atomic E-state index is 15.1. The molecule has 1 aliphatic carbocycles. The summed E-state index contributed by atoms with van der Waals surface area (Å²) in [6.07, 6.45) is 8.94. The second-order valence-corrected chi connectivity index (χ2v) is 9.76. The molecule has 0 aliphatic heterocycles. The monoisotopic (exact) mass is 480 g/mol. The third kappa shape index (κ3) is 5.91. The molecular formula is C31H35F3O. The lowest BCUT2D eigenvalue weighted by Crippen LogP contribution is -2.13. The van der Waals surface area contributed by atoms with E-state index in [0.29, 0.717) is 29.2 Å². The second kappa shape index (κ2) is 11.8. The number of hydrogen-bond acceptors (Lipinski definition) is 1. The molecule has 0 saturated heterocycles. The van der Waals surface area contributed by atoms with Crippen molar-refractivity contribution in [3.05, 3.63) is 77.6 Å². The van der Waals surface area contributed by atoms with Crippen LogP contribution in [0.15, 0.2) is 54.6 Å². The number of unbranched alkanes of at least 4 members (excludes halogenated alkanes) is 1. The van der Waals surface area contributed by atoms with Gasteiger partial charge in [0.25, 0.3) is 0 Å². The molecular weight excluding hydrogens is 445 g/mol. The lowest BCUT2D eigenvalue weighted by molar-refractivity contribution is 0.289. The number of ether oxygens (including phenoxy) is 1. The van der Waals surface area contributed by atoms with Gasteiger partial charge >= 0.3 is 0 Å². The van der Waals surface area contributed by atoms with Gasteiger partial charge in [-0.3, -0.25) is 0 Å². The summed E-state index contributed by atoms with van der Waals surface area (Å²) in [7, 11) is 0. The van der Waals surface area contributed by atoms with E-state index in [2.05, 4.69) is 6.92 Å². The van der Waals surface area contributed by atoms with Gasteiger partial charge in [0.05, 0.1) is 6.61 Å². The van der Waals surface area contributed by atoms with E-state index in [1.807, 2.05) is 19.1 Å². The van der Waals surface area contributed by atoms with E-state index in [0.717, 1.165) is 37.2 Å². The first-order chi connectivity index (χ1) is 17.0. The highest BCUT2D eigenvalue weighted by Crippen LogP contribution is 2.39. The van der Waals surface area contributed by atoms with Crippen molar-refractivity contribution in [2.75, 3.05) is 6.61 Å². The van der Waals surface area contributed by atoms with Gasteiger partial charge < -0.3 is 4.74 Å². The Kier molecular flexibility index (Phi) is 8.54. The van der Waals surface area contributed by atoms with E-state index >= 15 is 4.39 Å². The molecule has 0 N–H and O–H groups in total. The Morgan fingerprint density at radius 1 is 0.743 bits per heavy atom. The van der Waals surface area contributed by atoms with Gasteiger partial charge in [0.15, 0.2) is 11.6 Å². The Labute approximate surface area is 207 Å². The highest BCUT2D eigenvalue weighted by Gasteiger charge is 2.23. The molecule has 1 nitrogen and oxygen atoms in total. The Hall–Kier alpha value is -2.75. The smallest absolute Gasteiger partial charge is 0.201 e. The van der Waals surface area contributed by atoms with Crippen LogP contribution in [0.5, 0.6) is 5.75 Å². The molecule has 186 valence electrons. The van der Waals surface area contributed by atoms with Crippen LogP contribution in [0.2, 0.25) is 0 Å². The van der Waals surface area contributed by atoms with Crippen molar-refractivity contribution in [1.82, 2.24) is 0 Å². The second-order valence-electron chi connectivity index (χ2n) is 9.76. The highest BCUT2D eigenvalue weighted by atomic mass is 19.2. The quantitative estimate of drug-likeness (QED) is 0.277. The topological polar surface area (TPSA) is 9.23 Å². The van der Waals surface area contributed by atoms with Crippen LogP contribution < -0.4 is 4.74 Å². The third-order valence-electron chi connectivity index (χ3n) is 7.32. The summed E-state index contributed by atoms with van der Waals surface area (Å²) in [6.45, 7) is 4.60. The Balaban J connectivity index is 1.48. The van der Waals surface area contributed by atoms with Crippen LogP contribution in [-0.2, 0) is 0 Å². The van der Waals surface area contributed by atoms with Crippen LogP contribution in [0.3, 0.4) is 0 Å². The molecule has 0 atom stereocenters. The molecule has 0 radical (unpaired) electrons. The van der Waals surface area contributed by atoms with Crippen molar-refractivity contribution >= 4 is 0 Å². The van der Waals surface area contributed by atoms with Crippen LogP contribution in [0.4, 0.5) is 13.2 Å². The van der Waals surface area contributed by atoms with Crippen molar-refractivity contribution in [2.24, 2.45) is 5.92 Å². The van der Waals surface area contributed by atoms with Crippen molar-refractivity contribution in [3.8, 4) is 28.0 Å². The van der Waals surface area contributed by atoms with Gasteiger partial charge in [-0.05, 0) is 78.8 Å². The first kappa shape index (κ1) is 25.3. The normalized spacial score (nSPS) is 18.0. The third-order valence-corrected chi connectivity index (χ3v) is 7.32. The Morgan fingerprint density at radius 3 is 2.03 bits per heavy atom. The van der Waals surface area contributed by atoms with Crippen LogP contribution in [0.25, 0.3) is 22.3 Å². The fourth-order valence-electron chi connectivity index (χ4n) is 5.23. The van der Waals surface area contributed by atoms with Gasteiger partial charge in [0, 0.05) is 11.1 Å². The largest absolute Gasteiger partial charge is 0.490 e. The van der Waals surface area contributed by atoms with Gasteiger partial charge in [0.2, 0.25) is 5.82 Å². The maximum Gasteiger partial charge on any atom is 0.201 e. The molecule has 1 fully saturated rings. The molecule has 1 saturated carbocycles. The molecule has 1 aliphatic rings. The molecule has 0 unspecified atom stereocenters. The minimum absolute atomic E-state index is 0.0719. The van der Waals surface area contributed by atoms with E-state index in [4.69, 9.17) is 4.74 Å². The number of rotatable bonds is 9. The fraction of sp³-hybridized carbons (Fsp3) is 0.419. The molecule has 0 heterocycles. The SMILES string of the molecule is CCCCOc1ccc(-c2ccc(-c3ccc(C4CCC(CCC)CC4)cc3F)cc2)c(F)c1F. The van der Waals surface area contributed by atoms with Gasteiger partial charge in [-0.2, -0.15) is 4.39 Å². The van der Waals surface area contributed by atoms with E-state index in [-0.39, 0.29) is 17.1 Å². The predicted octanol–water partition coefficient (Wildman–Crippen LogP) is 9.69. The number of halogens is 3. The highest BCUT2D eigenvalue weighted by molar-refractivity contribution is 5.71. The molecule has 0 aromatic heterocycles. The lowest BCUT2D eigenvalue weighted by Gasteiger charge is -2.28. The first-order valence-electron chi connectivity index (χ1n) is 13.0. The molecule has 4 heteroatoms. The van der Waals surface area contributed by atoms with Crippen molar-refractivity contribution in [3.63, 3.8) is 0 Å². The summed E-state index contributed by atoms with van der Waals surface area (Å²) in [5, 5.41) is 0. The van der Waals surface area contributed by atoms with Gasteiger partial charge in [-0.1, -0.05) is 69.5 Å². The van der Waals surface area contributed by atoms with Crippen LogP contribution >= 0.6 is 0 Å². The zero-order valence-electron chi connectivity index (χ0n) is 20.8. The molecule has 35 heavy (non-hydrogen) atoms. The molecule has 4 rings (SSSR count). The van der Waals surface area contributed by atoms with Crippen LogP contribution in [0.1, 0.15) is 76.7 Å².